The van der Waals surface area contributed by atoms with E-state index in [1.165, 1.54) is 0 Å². The first-order valence-corrected chi connectivity index (χ1v) is 12.5. The van der Waals surface area contributed by atoms with E-state index in [-0.39, 0.29) is 24.0 Å². The number of nitrogens with zero attached hydrogens (tertiary/aromatic N) is 4. The predicted octanol–water partition coefficient (Wildman–Crippen LogP) is 4.67. The van der Waals surface area contributed by atoms with Gasteiger partial charge >= 0.3 is 0 Å². The van der Waals surface area contributed by atoms with E-state index in [1.54, 1.807) is 12.1 Å². The highest BCUT2D eigenvalue weighted by molar-refractivity contribution is 5.83. The standard InChI is InChI=1S/C28H28N4O4/c1-15(2)23-14-34-28-19(12-25(33)32(23)28)11-21-20(6-5-7-22(21)28)26-30-27(36-31-26)17-8-9-24(35-16(3)4)18(10-17)13-29/h5-10,15-16,19,23H,11-12,14H2,1-4H3/t19?,23-,28+/m0/s1. The van der Waals surface area contributed by atoms with Crippen LogP contribution in [-0.2, 0) is 21.7 Å². The molecule has 1 unspecified atom stereocenters. The van der Waals surface area contributed by atoms with Crippen molar-refractivity contribution in [2.75, 3.05) is 6.61 Å². The molecule has 2 aromatic carbocycles. The van der Waals surface area contributed by atoms with Crippen molar-refractivity contribution in [1.82, 2.24) is 15.0 Å². The maximum absolute atomic E-state index is 13.0. The maximum Gasteiger partial charge on any atom is 0.258 e. The molecule has 2 fully saturated rings. The Hall–Kier alpha value is -3.70. The second-order valence-corrected chi connectivity index (χ2v) is 10.4. The molecule has 3 heterocycles. The third-order valence-corrected chi connectivity index (χ3v) is 7.57. The normalized spacial score (nSPS) is 24.2. The van der Waals surface area contributed by atoms with E-state index in [0.717, 1.165) is 23.1 Å². The lowest BCUT2D eigenvalue weighted by atomic mass is 9.96. The van der Waals surface area contributed by atoms with Gasteiger partial charge in [0, 0.05) is 29.0 Å². The molecule has 1 amide bonds. The number of aromatic nitrogens is 2. The topological polar surface area (TPSA) is 101 Å². The molecule has 8 heteroatoms. The van der Waals surface area contributed by atoms with Gasteiger partial charge in [-0.25, -0.2) is 0 Å². The summed E-state index contributed by atoms with van der Waals surface area (Å²) in [6.07, 6.45) is 1.17. The van der Waals surface area contributed by atoms with Crippen molar-refractivity contribution in [2.24, 2.45) is 11.8 Å². The minimum Gasteiger partial charge on any atom is -0.490 e. The summed E-state index contributed by atoms with van der Waals surface area (Å²) in [7, 11) is 0. The van der Waals surface area contributed by atoms with Crippen LogP contribution in [0.25, 0.3) is 22.8 Å². The Labute approximate surface area is 209 Å². The monoisotopic (exact) mass is 484 g/mol. The quantitative estimate of drug-likeness (QED) is 0.518. The summed E-state index contributed by atoms with van der Waals surface area (Å²) in [4.78, 5) is 19.7. The first kappa shape index (κ1) is 22.7. The minimum absolute atomic E-state index is 0.0389. The van der Waals surface area contributed by atoms with Crippen molar-refractivity contribution in [2.45, 2.75) is 58.4 Å². The molecule has 1 spiro atoms. The summed E-state index contributed by atoms with van der Waals surface area (Å²) in [5.41, 5.74) is 3.40. The summed E-state index contributed by atoms with van der Waals surface area (Å²) in [6, 6.07) is 13.6. The van der Waals surface area contributed by atoms with Crippen LogP contribution in [0.1, 0.15) is 50.8 Å². The van der Waals surface area contributed by atoms with Crippen LogP contribution in [-0.4, -0.2) is 39.7 Å². The minimum atomic E-state index is -0.697. The molecule has 3 aliphatic rings. The highest BCUT2D eigenvalue weighted by Gasteiger charge is 2.65. The Morgan fingerprint density at radius 3 is 2.78 bits per heavy atom. The van der Waals surface area contributed by atoms with Gasteiger partial charge in [-0.2, -0.15) is 10.2 Å². The van der Waals surface area contributed by atoms with Gasteiger partial charge < -0.3 is 18.9 Å². The lowest BCUT2D eigenvalue weighted by Crippen LogP contribution is -2.46. The van der Waals surface area contributed by atoms with Gasteiger partial charge in [-0.15, -0.1) is 0 Å². The van der Waals surface area contributed by atoms with E-state index in [9.17, 15) is 10.1 Å². The third-order valence-electron chi connectivity index (χ3n) is 7.57. The van der Waals surface area contributed by atoms with Gasteiger partial charge in [-0.3, -0.25) is 4.79 Å². The van der Waals surface area contributed by atoms with Crippen molar-refractivity contribution in [3.8, 4) is 34.7 Å². The number of hydrogen-bond donors (Lipinski definition) is 0. The van der Waals surface area contributed by atoms with Crippen LogP contribution in [0.2, 0.25) is 0 Å². The number of benzene rings is 2. The van der Waals surface area contributed by atoms with Gasteiger partial charge in [-0.1, -0.05) is 37.2 Å². The van der Waals surface area contributed by atoms with Crippen LogP contribution < -0.4 is 4.74 Å². The smallest absolute Gasteiger partial charge is 0.258 e. The summed E-state index contributed by atoms with van der Waals surface area (Å²) < 4.78 is 17.8. The molecule has 2 saturated heterocycles. The first-order chi connectivity index (χ1) is 17.3. The van der Waals surface area contributed by atoms with Gasteiger partial charge in [0.25, 0.3) is 5.89 Å². The molecule has 2 aliphatic heterocycles. The Morgan fingerprint density at radius 2 is 2.03 bits per heavy atom. The van der Waals surface area contributed by atoms with E-state index in [1.807, 2.05) is 36.9 Å². The number of amides is 1. The highest BCUT2D eigenvalue weighted by Crippen LogP contribution is 2.58. The fourth-order valence-electron chi connectivity index (χ4n) is 6.02. The zero-order valence-electron chi connectivity index (χ0n) is 20.8. The van der Waals surface area contributed by atoms with Gasteiger partial charge in [0.15, 0.2) is 5.72 Å². The number of rotatable bonds is 5. The van der Waals surface area contributed by atoms with Gasteiger partial charge in [0.1, 0.15) is 11.8 Å². The molecule has 3 atom stereocenters. The molecule has 36 heavy (non-hydrogen) atoms. The zero-order chi connectivity index (χ0) is 25.2. The van der Waals surface area contributed by atoms with Gasteiger partial charge in [0.05, 0.1) is 24.3 Å². The molecule has 0 bridgehead atoms. The fraction of sp³-hybridized carbons (Fsp3) is 0.429. The molecule has 1 aromatic heterocycles. The first-order valence-electron chi connectivity index (χ1n) is 12.5. The SMILES string of the molecule is CC(C)Oc1ccc(-c2nc(-c3cccc4c3CC3CC(=O)N5[C@H](C(C)C)CO[C@@]435)no2)cc1C#N. The van der Waals surface area contributed by atoms with Crippen LogP contribution in [0.15, 0.2) is 40.9 Å². The predicted molar refractivity (Wildman–Crippen MR) is 131 cm³/mol. The maximum atomic E-state index is 13.0. The Bertz CT molecular complexity index is 1400. The molecule has 0 radical (unpaired) electrons. The van der Waals surface area contributed by atoms with Crippen LogP contribution in [0, 0.1) is 23.2 Å². The summed E-state index contributed by atoms with van der Waals surface area (Å²) in [6.45, 7) is 8.66. The van der Waals surface area contributed by atoms with E-state index >= 15 is 0 Å². The lowest BCUT2D eigenvalue weighted by molar-refractivity contribution is -0.142. The lowest BCUT2D eigenvalue weighted by Gasteiger charge is -2.35. The molecular weight excluding hydrogens is 456 g/mol. The zero-order valence-corrected chi connectivity index (χ0v) is 20.8. The number of fused-ring (bicyclic) bond motifs is 1. The number of carbonyl (C=O) groups is 1. The third kappa shape index (κ3) is 3.19. The number of carbonyl (C=O) groups excluding carboxylic acids is 1. The molecular formula is C28H28N4O4. The van der Waals surface area contributed by atoms with E-state index < -0.39 is 5.72 Å². The second kappa shape index (κ2) is 8.17. The summed E-state index contributed by atoms with van der Waals surface area (Å²) in [5, 5.41) is 13.9. The average Bonchev–Trinajstić information content (AvgIpc) is 3.60. The summed E-state index contributed by atoms with van der Waals surface area (Å²) >= 11 is 0. The van der Waals surface area contributed by atoms with Crippen molar-refractivity contribution in [3.63, 3.8) is 0 Å². The largest absolute Gasteiger partial charge is 0.490 e. The van der Waals surface area contributed by atoms with Crippen LogP contribution in [0.3, 0.4) is 0 Å². The molecule has 0 N–H and O–H groups in total. The number of ether oxygens (including phenoxy) is 2. The Morgan fingerprint density at radius 1 is 1.19 bits per heavy atom. The van der Waals surface area contributed by atoms with Crippen molar-refractivity contribution >= 4 is 5.91 Å². The Kier molecular flexibility index (Phi) is 5.16. The molecule has 1 aliphatic carbocycles. The second-order valence-electron chi connectivity index (χ2n) is 10.4. The fourth-order valence-corrected chi connectivity index (χ4v) is 6.02. The van der Waals surface area contributed by atoms with E-state index in [2.05, 4.69) is 36.1 Å². The van der Waals surface area contributed by atoms with E-state index in [4.69, 9.17) is 14.0 Å². The number of hydrogen-bond acceptors (Lipinski definition) is 7. The van der Waals surface area contributed by atoms with Crippen LogP contribution in [0.4, 0.5) is 0 Å². The van der Waals surface area contributed by atoms with Gasteiger partial charge in [0.2, 0.25) is 11.7 Å². The molecule has 0 saturated carbocycles. The Balaban J connectivity index is 1.37. The average molecular weight is 485 g/mol. The highest BCUT2D eigenvalue weighted by atomic mass is 16.5. The molecule has 8 nitrogen and oxygen atoms in total. The van der Waals surface area contributed by atoms with Crippen LogP contribution in [0.5, 0.6) is 5.75 Å². The van der Waals surface area contributed by atoms with Gasteiger partial charge in [-0.05, 0) is 49.9 Å². The van der Waals surface area contributed by atoms with E-state index in [0.29, 0.717) is 47.5 Å². The molecule has 184 valence electrons. The van der Waals surface area contributed by atoms with Crippen LogP contribution >= 0.6 is 0 Å². The van der Waals surface area contributed by atoms with Crippen molar-refractivity contribution in [1.29, 1.82) is 5.26 Å². The van der Waals surface area contributed by atoms with Crippen molar-refractivity contribution in [3.05, 3.63) is 53.1 Å². The number of nitriles is 1. The summed E-state index contributed by atoms with van der Waals surface area (Å²) in [5.74, 6) is 1.90. The molecule has 3 aromatic rings. The van der Waals surface area contributed by atoms with Crippen molar-refractivity contribution < 1.29 is 18.8 Å². The molecule has 6 rings (SSSR count).